The summed E-state index contributed by atoms with van der Waals surface area (Å²) in [6.45, 7) is 3.34. The van der Waals surface area contributed by atoms with Crippen molar-refractivity contribution in [2.24, 2.45) is 0 Å². The number of aromatic nitrogens is 1. The van der Waals surface area contributed by atoms with Crippen LogP contribution < -0.4 is 5.32 Å². The third-order valence-electron chi connectivity index (χ3n) is 2.57. The van der Waals surface area contributed by atoms with E-state index >= 15 is 0 Å². The van der Waals surface area contributed by atoms with Gasteiger partial charge in [0.05, 0.1) is 10.7 Å². The fraction of sp³-hybridized carbons (Fsp3) is 0.636. The highest BCUT2D eigenvalue weighted by molar-refractivity contribution is 7.09. The van der Waals surface area contributed by atoms with Crippen molar-refractivity contribution in [1.29, 1.82) is 0 Å². The van der Waals surface area contributed by atoms with E-state index in [0.29, 0.717) is 13.2 Å². The van der Waals surface area contributed by atoms with Gasteiger partial charge in [0.25, 0.3) is 0 Å². The Morgan fingerprint density at radius 2 is 2.62 bits per heavy atom. The molecule has 1 saturated heterocycles. The fourth-order valence-electron chi connectivity index (χ4n) is 1.74. The number of nitrogens with one attached hydrogen (secondary N) is 1. The van der Waals surface area contributed by atoms with Crippen LogP contribution in [-0.4, -0.2) is 30.1 Å². The van der Waals surface area contributed by atoms with Crippen LogP contribution in [0.25, 0.3) is 0 Å². The van der Waals surface area contributed by atoms with Gasteiger partial charge in [-0.1, -0.05) is 0 Å². The van der Waals surface area contributed by atoms with Crippen LogP contribution in [0.5, 0.6) is 0 Å². The number of thiazole rings is 1. The van der Waals surface area contributed by atoms with Gasteiger partial charge in [-0.05, 0) is 19.8 Å². The molecule has 0 saturated carbocycles. The zero-order valence-electron chi connectivity index (χ0n) is 9.36. The summed E-state index contributed by atoms with van der Waals surface area (Å²) in [5.74, 6) is 0.0180. The van der Waals surface area contributed by atoms with Gasteiger partial charge in [0.1, 0.15) is 6.10 Å². The first kappa shape index (κ1) is 11.5. The topological polar surface area (TPSA) is 51.2 Å². The highest BCUT2D eigenvalue weighted by Gasteiger charge is 2.22. The second-order valence-electron chi connectivity index (χ2n) is 3.90. The Labute approximate surface area is 99.0 Å². The van der Waals surface area contributed by atoms with Gasteiger partial charge in [-0.15, -0.1) is 11.3 Å². The minimum atomic E-state index is -0.225. The zero-order chi connectivity index (χ0) is 11.4. The van der Waals surface area contributed by atoms with Gasteiger partial charge in [0.15, 0.2) is 0 Å². The lowest BCUT2D eigenvalue weighted by molar-refractivity contribution is -0.129. The molecule has 1 atom stereocenters. The molecule has 1 aromatic heterocycles. The van der Waals surface area contributed by atoms with Crippen molar-refractivity contribution in [3.8, 4) is 0 Å². The molecular weight excluding hydrogens is 224 g/mol. The quantitative estimate of drug-likeness (QED) is 0.862. The van der Waals surface area contributed by atoms with Gasteiger partial charge in [-0.2, -0.15) is 0 Å². The molecule has 1 aromatic rings. The Morgan fingerprint density at radius 1 is 1.75 bits per heavy atom. The summed E-state index contributed by atoms with van der Waals surface area (Å²) in [6.07, 6.45) is 2.41. The first-order valence-corrected chi connectivity index (χ1v) is 6.44. The molecule has 5 heteroatoms. The van der Waals surface area contributed by atoms with Crippen LogP contribution in [-0.2, 0) is 16.0 Å². The minimum absolute atomic E-state index is 0.0180. The normalized spacial score (nSPS) is 19.9. The zero-order valence-corrected chi connectivity index (χ0v) is 10.2. The van der Waals surface area contributed by atoms with Crippen molar-refractivity contribution in [2.45, 2.75) is 32.3 Å². The molecule has 1 aliphatic rings. The van der Waals surface area contributed by atoms with Crippen molar-refractivity contribution in [1.82, 2.24) is 10.3 Å². The Bertz CT molecular complexity index is 359. The SMILES string of the molecule is Cc1nc(CCNC(=O)C2CCCO2)cs1. The van der Waals surface area contributed by atoms with E-state index in [4.69, 9.17) is 4.74 Å². The molecular formula is C11H16N2O2S. The number of ether oxygens (including phenoxy) is 1. The first-order valence-electron chi connectivity index (χ1n) is 5.56. The average molecular weight is 240 g/mol. The lowest BCUT2D eigenvalue weighted by Crippen LogP contribution is -2.35. The predicted octanol–water partition coefficient (Wildman–Crippen LogP) is 1.29. The molecule has 88 valence electrons. The largest absolute Gasteiger partial charge is 0.368 e. The van der Waals surface area contributed by atoms with E-state index in [-0.39, 0.29) is 12.0 Å². The average Bonchev–Trinajstić information content (AvgIpc) is 2.89. The summed E-state index contributed by atoms with van der Waals surface area (Å²) < 4.78 is 5.30. The van der Waals surface area contributed by atoms with E-state index in [9.17, 15) is 4.79 Å². The van der Waals surface area contributed by atoms with Crippen LogP contribution in [0.3, 0.4) is 0 Å². The molecule has 1 amide bonds. The summed E-state index contributed by atoms with van der Waals surface area (Å²) in [7, 11) is 0. The summed E-state index contributed by atoms with van der Waals surface area (Å²) in [5, 5.41) is 5.99. The van der Waals surface area contributed by atoms with Crippen LogP contribution in [0.4, 0.5) is 0 Å². The molecule has 0 bridgehead atoms. The Kier molecular flexibility index (Phi) is 3.90. The molecule has 0 aromatic carbocycles. The number of hydrogen-bond donors (Lipinski definition) is 1. The third-order valence-corrected chi connectivity index (χ3v) is 3.39. The molecule has 1 aliphatic heterocycles. The van der Waals surface area contributed by atoms with Crippen molar-refractivity contribution in [3.63, 3.8) is 0 Å². The van der Waals surface area contributed by atoms with E-state index < -0.39 is 0 Å². The van der Waals surface area contributed by atoms with Gasteiger partial charge < -0.3 is 10.1 Å². The molecule has 0 aliphatic carbocycles. The lowest BCUT2D eigenvalue weighted by atomic mass is 10.2. The third kappa shape index (κ3) is 3.02. The molecule has 1 N–H and O–H groups in total. The summed E-state index contributed by atoms with van der Waals surface area (Å²) in [5.41, 5.74) is 1.05. The van der Waals surface area contributed by atoms with Gasteiger partial charge >= 0.3 is 0 Å². The minimum Gasteiger partial charge on any atom is -0.368 e. The van der Waals surface area contributed by atoms with E-state index in [0.717, 1.165) is 30.0 Å². The molecule has 16 heavy (non-hydrogen) atoms. The van der Waals surface area contributed by atoms with Crippen LogP contribution >= 0.6 is 11.3 Å². The van der Waals surface area contributed by atoms with Crippen molar-refractivity contribution in [2.75, 3.05) is 13.2 Å². The van der Waals surface area contributed by atoms with E-state index in [1.54, 1.807) is 11.3 Å². The molecule has 0 radical (unpaired) electrons. The standard InChI is InChI=1S/C11H16N2O2S/c1-8-13-9(7-16-8)4-5-12-11(14)10-3-2-6-15-10/h7,10H,2-6H2,1H3,(H,12,14). The number of nitrogens with zero attached hydrogens (tertiary/aromatic N) is 1. The molecule has 4 nitrogen and oxygen atoms in total. The van der Waals surface area contributed by atoms with Crippen molar-refractivity contribution < 1.29 is 9.53 Å². The van der Waals surface area contributed by atoms with Gasteiger partial charge in [0, 0.05) is 25.0 Å². The molecule has 2 heterocycles. The summed E-state index contributed by atoms with van der Waals surface area (Å²) >= 11 is 1.64. The van der Waals surface area contributed by atoms with Gasteiger partial charge in [0.2, 0.25) is 5.91 Å². The van der Waals surface area contributed by atoms with E-state index in [1.807, 2.05) is 12.3 Å². The Morgan fingerprint density at radius 3 is 3.25 bits per heavy atom. The van der Waals surface area contributed by atoms with Crippen LogP contribution in [0, 0.1) is 6.92 Å². The second kappa shape index (κ2) is 5.41. The van der Waals surface area contributed by atoms with E-state index in [1.165, 1.54) is 0 Å². The monoisotopic (exact) mass is 240 g/mol. The Balaban J connectivity index is 1.69. The van der Waals surface area contributed by atoms with Gasteiger partial charge in [-0.3, -0.25) is 4.79 Å². The maximum atomic E-state index is 11.6. The lowest BCUT2D eigenvalue weighted by Gasteiger charge is -2.09. The van der Waals surface area contributed by atoms with Crippen LogP contribution in [0.1, 0.15) is 23.5 Å². The summed E-state index contributed by atoms with van der Waals surface area (Å²) in [4.78, 5) is 15.9. The maximum absolute atomic E-state index is 11.6. The fourth-order valence-corrected chi connectivity index (χ4v) is 2.38. The number of carbonyl (C=O) groups is 1. The molecule has 0 spiro atoms. The Hall–Kier alpha value is -0.940. The number of carbonyl (C=O) groups excluding carboxylic acids is 1. The smallest absolute Gasteiger partial charge is 0.249 e. The predicted molar refractivity (Wildman–Crippen MR) is 62.5 cm³/mol. The number of amides is 1. The number of aryl methyl sites for hydroxylation is 1. The van der Waals surface area contributed by atoms with Crippen molar-refractivity contribution >= 4 is 17.2 Å². The molecule has 1 unspecified atom stereocenters. The van der Waals surface area contributed by atoms with Gasteiger partial charge in [-0.25, -0.2) is 4.98 Å². The number of hydrogen-bond acceptors (Lipinski definition) is 4. The molecule has 1 fully saturated rings. The highest BCUT2D eigenvalue weighted by atomic mass is 32.1. The first-order chi connectivity index (χ1) is 7.75. The van der Waals surface area contributed by atoms with Crippen LogP contribution in [0.15, 0.2) is 5.38 Å². The van der Waals surface area contributed by atoms with Crippen molar-refractivity contribution in [3.05, 3.63) is 16.1 Å². The molecule has 2 rings (SSSR count). The van der Waals surface area contributed by atoms with E-state index in [2.05, 4.69) is 10.3 Å². The maximum Gasteiger partial charge on any atom is 0.249 e. The van der Waals surface area contributed by atoms with Crippen LogP contribution in [0.2, 0.25) is 0 Å². The second-order valence-corrected chi connectivity index (χ2v) is 4.96. The number of rotatable bonds is 4. The summed E-state index contributed by atoms with van der Waals surface area (Å²) in [6, 6.07) is 0. The highest BCUT2D eigenvalue weighted by Crippen LogP contribution is 2.12.